The van der Waals surface area contributed by atoms with Gasteiger partial charge in [0.1, 0.15) is 0 Å². The van der Waals surface area contributed by atoms with Crippen LogP contribution in [0.2, 0.25) is 0 Å². The summed E-state index contributed by atoms with van der Waals surface area (Å²) in [6.45, 7) is 7.42. The lowest BCUT2D eigenvalue weighted by molar-refractivity contribution is -0.132. The normalized spacial score (nSPS) is 31.7. The maximum Gasteiger partial charge on any atom is 0.240 e. The quantitative estimate of drug-likeness (QED) is 0.798. The minimum atomic E-state index is 0.0144. The first-order valence-electron chi connectivity index (χ1n) is 7.18. The van der Waals surface area contributed by atoms with Gasteiger partial charge in [-0.1, -0.05) is 26.7 Å². The molecule has 2 rings (SSSR count). The highest BCUT2D eigenvalue weighted by Gasteiger charge is 2.43. The zero-order valence-electron chi connectivity index (χ0n) is 11.5. The Morgan fingerprint density at radius 3 is 2.59 bits per heavy atom. The molecule has 2 aliphatic rings. The van der Waals surface area contributed by atoms with Gasteiger partial charge in [-0.15, -0.1) is 0 Å². The molecular weight excluding hydrogens is 212 g/mol. The number of hydrogen-bond acceptors (Lipinski definition) is 2. The van der Waals surface area contributed by atoms with Crippen LogP contribution in [-0.2, 0) is 4.79 Å². The summed E-state index contributed by atoms with van der Waals surface area (Å²) in [6.07, 6.45) is 7.66. The Morgan fingerprint density at radius 2 is 2.12 bits per heavy atom. The predicted molar refractivity (Wildman–Crippen MR) is 69.6 cm³/mol. The predicted octanol–water partition coefficient (Wildman–Crippen LogP) is 2.51. The van der Waals surface area contributed by atoms with Crippen LogP contribution < -0.4 is 5.32 Å². The van der Waals surface area contributed by atoms with E-state index in [9.17, 15) is 4.79 Å². The SMILES string of the molecule is CCCC1NC(C)C(=O)N1CC1(CC)CCC1. The molecule has 98 valence electrons. The van der Waals surface area contributed by atoms with E-state index in [1.165, 1.54) is 25.7 Å². The molecule has 1 N–H and O–H groups in total. The van der Waals surface area contributed by atoms with Gasteiger partial charge in [0.05, 0.1) is 12.2 Å². The number of hydrogen-bond donors (Lipinski definition) is 1. The lowest BCUT2D eigenvalue weighted by atomic mass is 9.66. The fourth-order valence-electron chi connectivity index (χ4n) is 3.21. The first kappa shape index (κ1) is 12.9. The average molecular weight is 238 g/mol. The van der Waals surface area contributed by atoms with Crippen LogP contribution in [0.5, 0.6) is 0 Å². The van der Waals surface area contributed by atoms with E-state index >= 15 is 0 Å². The monoisotopic (exact) mass is 238 g/mol. The highest BCUT2D eigenvalue weighted by Crippen LogP contribution is 2.45. The third-order valence-electron chi connectivity index (χ3n) is 4.70. The van der Waals surface area contributed by atoms with Gasteiger partial charge in [-0.25, -0.2) is 0 Å². The van der Waals surface area contributed by atoms with Gasteiger partial charge in [0.25, 0.3) is 0 Å². The summed E-state index contributed by atoms with van der Waals surface area (Å²) in [5.74, 6) is 0.308. The molecule has 0 spiro atoms. The highest BCUT2D eigenvalue weighted by atomic mass is 16.2. The number of nitrogens with one attached hydrogen (secondary N) is 1. The highest BCUT2D eigenvalue weighted by molar-refractivity contribution is 5.83. The van der Waals surface area contributed by atoms with Crippen LogP contribution in [0.25, 0.3) is 0 Å². The minimum Gasteiger partial charge on any atom is -0.325 e. The number of nitrogens with zero attached hydrogens (tertiary/aromatic N) is 1. The van der Waals surface area contributed by atoms with Crippen LogP contribution in [0.3, 0.4) is 0 Å². The summed E-state index contributed by atoms with van der Waals surface area (Å²) in [7, 11) is 0. The van der Waals surface area contributed by atoms with Gasteiger partial charge < -0.3 is 4.90 Å². The van der Waals surface area contributed by atoms with Crippen molar-refractivity contribution in [2.75, 3.05) is 6.54 Å². The Kier molecular flexibility index (Phi) is 3.76. The van der Waals surface area contributed by atoms with Gasteiger partial charge in [0.2, 0.25) is 5.91 Å². The maximum absolute atomic E-state index is 12.2. The first-order valence-corrected chi connectivity index (χ1v) is 7.18. The van der Waals surface area contributed by atoms with E-state index in [4.69, 9.17) is 0 Å². The van der Waals surface area contributed by atoms with E-state index in [0.717, 1.165) is 19.4 Å². The maximum atomic E-state index is 12.2. The molecule has 0 aromatic rings. The fourth-order valence-corrected chi connectivity index (χ4v) is 3.21. The molecule has 2 unspecified atom stereocenters. The largest absolute Gasteiger partial charge is 0.325 e. The molecule has 17 heavy (non-hydrogen) atoms. The molecule has 1 saturated heterocycles. The van der Waals surface area contributed by atoms with Gasteiger partial charge in [0.15, 0.2) is 0 Å². The fraction of sp³-hybridized carbons (Fsp3) is 0.929. The molecule has 3 nitrogen and oxygen atoms in total. The molecule has 1 amide bonds. The van der Waals surface area contributed by atoms with Crippen LogP contribution in [0.4, 0.5) is 0 Å². The Morgan fingerprint density at radius 1 is 1.41 bits per heavy atom. The number of carbonyl (C=O) groups excluding carboxylic acids is 1. The zero-order chi connectivity index (χ0) is 12.5. The van der Waals surface area contributed by atoms with Gasteiger partial charge in [0, 0.05) is 6.54 Å². The minimum absolute atomic E-state index is 0.0144. The van der Waals surface area contributed by atoms with Crippen molar-refractivity contribution < 1.29 is 4.79 Å². The lowest BCUT2D eigenvalue weighted by Crippen LogP contribution is -2.47. The second kappa shape index (κ2) is 4.97. The number of carbonyl (C=O) groups is 1. The van der Waals surface area contributed by atoms with Crippen molar-refractivity contribution in [3.63, 3.8) is 0 Å². The van der Waals surface area contributed by atoms with Crippen LogP contribution in [-0.4, -0.2) is 29.6 Å². The topological polar surface area (TPSA) is 32.3 Å². The van der Waals surface area contributed by atoms with E-state index in [1.54, 1.807) is 0 Å². The van der Waals surface area contributed by atoms with Crippen LogP contribution >= 0.6 is 0 Å². The van der Waals surface area contributed by atoms with E-state index in [0.29, 0.717) is 11.3 Å². The van der Waals surface area contributed by atoms with Crippen molar-refractivity contribution >= 4 is 5.91 Å². The van der Waals surface area contributed by atoms with Crippen molar-refractivity contribution in [1.29, 1.82) is 0 Å². The molecule has 0 aromatic carbocycles. The molecular formula is C14H26N2O. The second-order valence-electron chi connectivity index (χ2n) is 5.87. The van der Waals surface area contributed by atoms with Gasteiger partial charge >= 0.3 is 0 Å². The summed E-state index contributed by atoms with van der Waals surface area (Å²) >= 11 is 0. The van der Waals surface area contributed by atoms with Crippen molar-refractivity contribution in [2.45, 2.75) is 71.5 Å². The summed E-state index contributed by atoms with van der Waals surface area (Å²) in [5.41, 5.74) is 0.438. The Labute approximate surface area is 105 Å². The summed E-state index contributed by atoms with van der Waals surface area (Å²) < 4.78 is 0. The van der Waals surface area contributed by atoms with E-state index in [1.807, 2.05) is 6.92 Å². The molecule has 0 aromatic heterocycles. The smallest absolute Gasteiger partial charge is 0.240 e. The summed E-state index contributed by atoms with van der Waals surface area (Å²) in [6, 6.07) is 0.0144. The third kappa shape index (κ3) is 2.35. The lowest BCUT2D eigenvalue weighted by Gasteiger charge is -2.45. The van der Waals surface area contributed by atoms with Gasteiger partial charge in [-0.05, 0) is 38.0 Å². The second-order valence-corrected chi connectivity index (χ2v) is 5.87. The molecule has 2 atom stereocenters. The van der Waals surface area contributed by atoms with Crippen LogP contribution in [0.15, 0.2) is 0 Å². The summed E-state index contributed by atoms with van der Waals surface area (Å²) in [5, 5.41) is 3.43. The molecule has 1 aliphatic carbocycles. The number of amides is 1. The van der Waals surface area contributed by atoms with E-state index in [-0.39, 0.29) is 12.2 Å². The standard InChI is InChI=1S/C14H26N2O/c1-4-7-12-15-11(3)13(17)16(12)10-14(5-2)8-6-9-14/h11-12,15H,4-10H2,1-3H3. The molecule has 0 radical (unpaired) electrons. The molecule has 3 heteroatoms. The molecule has 1 heterocycles. The third-order valence-corrected chi connectivity index (χ3v) is 4.70. The number of rotatable bonds is 5. The van der Waals surface area contributed by atoms with Gasteiger partial charge in [-0.2, -0.15) is 0 Å². The van der Waals surface area contributed by atoms with Crippen molar-refractivity contribution in [2.24, 2.45) is 5.41 Å². The van der Waals surface area contributed by atoms with Crippen LogP contribution in [0.1, 0.15) is 59.3 Å². The van der Waals surface area contributed by atoms with Crippen molar-refractivity contribution in [1.82, 2.24) is 10.2 Å². The molecule has 1 aliphatic heterocycles. The van der Waals surface area contributed by atoms with Crippen molar-refractivity contribution in [3.05, 3.63) is 0 Å². The zero-order valence-corrected chi connectivity index (χ0v) is 11.5. The first-order chi connectivity index (χ1) is 8.12. The Balaban J connectivity index is 2.03. The Hall–Kier alpha value is -0.570. The van der Waals surface area contributed by atoms with Crippen molar-refractivity contribution in [3.8, 4) is 0 Å². The van der Waals surface area contributed by atoms with E-state index < -0.39 is 0 Å². The average Bonchev–Trinajstić information content (AvgIpc) is 2.51. The van der Waals surface area contributed by atoms with E-state index in [2.05, 4.69) is 24.1 Å². The van der Waals surface area contributed by atoms with Crippen LogP contribution in [0, 0.1) is 5.41 Å². The summed E-state index contributed by atoms with van der Waals surface area (Å²) in [4.78, 5) is 14.3. The molecule has 0 bridgehead atoms. The Bertz CT molecular complexity index is 280. The molecule has 1 saturated carbocycles. The molecule has 2 fully saturated rings. The van der Waals surface area contributed by atoms with Gasteiger partial charge in [-0.3, -0.25) is 10.1 Å².